The number of pyridine rings is 1. The molecule has 0 aromatic carbocycles. The van der Waals surface area contributed by atoms with Gasteiger partial charge in [0.05, 0.1) is 18.5 Å². The molecule has 24 heavy (non-hydrogen) atoms. The fourth-order valence-corrected chi connectivity index (χ4v) is 2.18. The zero-order chi connectivity index (χ0) is 17.3. The van der Waals surface area contributed by atoms with E-state index in [0.717, 1.165) is 11.4 Å². The van der Waals surface area contributed by atoms with Crippen LogP contribution in [0.15, 0.2) is 33.5 Å². The minimum Gasteiger partial charge on any atom is -0.497 e. The number of hydrogen-bond donors (Lipinski definition) is 0. The van der Waals surface area contributed by atoms with Crippen LogP contribution in [0.5, 0.6) is 5.75 Å². The summed E-state index contributed by atoms with van der Waals surface area (Å²) in [4.78, 5) is 13.6. The van der Waals surface area contributed by atoms with Crippen LogP contribution in [0.2, 0.25) is 0 Å². The fourth-order valence-electron chi connectivity index (χ4n) is 2.18. The molecule has 0 bridgehead atoms. The molecule has 6 nitrogen and oxygen atoms in total. The largest absolute Gasteiger partial charge is 0.497 e. The highest BCUT2D eigenvalue weighted by molar-refractivity contribution is 5.59. The molecule has 0 fully saturated rings. The highest BCUT2D eigenvalue weighted by Gasteiger charge is 2.17. The summed E-state index contributed by atoms with van der Waals surface area (Å²) in [5.74, 6) is 2.12. The molecular formula is C18H21N3O3. The van der Waals surface area contributed by atoms with Crippen molar-refractivity contribution in [2.75, 3.05) is 7.11 Å². The van der Waals surface area contributed by atoms with Gasteiger partial charge in [-0.15, -0.1) is 0 Å². The average molecular weight is 327 g/mol. The molecule has 126 valence electrons. The van der Waals surface area contributed by atoms with Crippen LogP contribution in [-0.2, 0) is 0 Å². The summed E-state index contributed by atoms with van der Waals surface area (Å²) in [6, 6.07) is 3.57. The predicted molar refractivity (Wildman–Crippen MR) is 90.0 cm³/mol. The third-order valence-corrected chi connectivity index (χ3v) is 3.70. The second-order valence-corrected chi connectivity index (χ2v) is 6.24. The lowest BCUT2D eigenvalue weighted by atomic mass is 10.2. The number of methoxy groups -OCH3 is 1. The Morgan fingerprint density at radius 1 is 0.792 bits per heavy atom. The molecule has 0 unspecified atom stereocenters. The first kappa shape index (κ1) is 16.2. The SMILES string of the molecule is COc1cc(-c2nc(C(C)C)co2)nc(-c2nc(C(C)C)co2)c1. The van der Waals surface area contributed by atoms with E-state index in [1.807, 2.05) is 0 Å². The van der Waals surface area contributed by atoms with Crippen LogP contribution in [0.25, 0.3) is 23.2 Å². The first-order chi connectivity index (χ1) is 11.5. The molecule has 0 N–H and O–H groups in total. The van der Waals surface area contributed by atoms with E-state index in [-0.39, 0.29) is 11.8 Å². The van der Waals surface area contributed by atoms with E-state index in [1.54, 1.807) is 31.8 Å². The maximum atomic E-state index is 5.57. The minimum absolute atomic E-state index is 0.285. The summed E-state index contributed by atoms with van der Waals surface area (Å²) in [6.07, 6.45) is 3.31. The van der Waals surface area contributed by atoms with Gasteiger partial charge in [-0.1, -0.05) is 27.7 Å². The summed E-state index contributed by atoms with van der Waals surface area (Å²) < 4.78 is 16.5. The third kappa shape index (κ3) is 3.18. The Morgan fingerprint density at radius 2 is 1.25 bits per heavy atom. The van der Waals surface area contributed by atoms with Gasteiger partial charge in [0.1, 0.15) is 29.7 Å². The Morgan fingerprint density at radius 3 is 1.58 bits per heavy atom. The van der Waals surface area contributed by atoms with Gasteiger partial charge >= 0.3 is 0 Å². The highest BCUT2D eigenvalue weighted by atomic mass is 16.5. The van der Waals surface area contributed by atoms with Gasteiger partial charge in [0, 0.05) is 12.1 Å². The number of aromatic nitrogens is 3. The fraction of sp³-hybridized carbons (Fsp3) is 0.389. The summed E-state index contributed by atoms with van der Waals surface area (Å²) in [6.45, 7) is 8.25. The molecule has 0 amide bonds. The van der Waals surface area contributed by atoms with E-state index in [1.165, 1.54) is 0 Å². The Hall–Kier alpha value is -2.63. The number of oxazole rings is 2. The lowest BCUT2D eigenvalue weighted by Gasteiger charge is -2.04. The van der Waals surface area contributed by atoms with Crippen molar-refractivity contribution in [1.82, 2.24) is 15.0 Å². The van der Waals surface area contributed by atoms with Crippen LogP contribution in [-0.4, -0.2) is 22.1 Å². The Balaban J connectivity index is 2.04. The van der Waals surface area contributed by atoms with Crippen LogP contribution in [0.4, 0.5) is 0 Å². The van der Waals surface area contributed by atoms with E-state index in [2.05, 4.69) is 42.6 Å². The van der Waals surface area contributed by atoms with Crippen LogP contribution in [0.3, 0.4) is 0 Å². The van der Waals surface area contributed by atoms with E-state index in [9.17, 15) is 0 Å². The van der Waals surface area contributed by atoms with Crippen molar-refractivity contribution in [3.8, 4) is 28.9 Å². The summed E-state index contributed by atoms with van der Waals surface area (Å²) in [5, 5.41) is 0. The number of hydrogen-bond acceptors (Lipinski definition) is 6. The maximum Gasteiger partial charge on any atom is 0.245 e. The molecule has 3 aromatic heterocycles. The van der Waals surface area contributed by atoms with Gasteiger partial charge in [0.25, 0.3) is 0 Å². The van der Waals surface area contributed by atoms with Gasteiger partial charge in [-0.3, -0.25) is 0 Å². The summed E-state index contributed by atoms with van der Waals surface area (Å²) in [7, 11) is 1.60. The first-order valence-corrected chi connectivity index (χ1v) is 7.95. The van der Waals surface area contributed by atoms with Gasteiger partial charge in [-0.05, 0) is 11.8 Å². The molecule has 0 spiro atoms. The van der Waals surface area contributed by atoms with Gasteiger partial charge < -0.3 is 13.6 Å². The number of rotatable bonds is 5. The monoisotopic (exact) mass is 327 g/mol. The molecule has 0 saturated carbocycles. The topological polar surface area (TPSA) is 74.2 Å². The molecule has 0 aliphatic heterocycles. The predicted octanol–water partition coefficient (Wildman–Crippen LogP) is 4.65. The molecular weight excluding hydrogens is 306 g/mol. The molecule has 0 radical (unpaired) electrons. The van der Waals surface area contributed by atoms with Crippen molar-refractivity contribution < 1.29 is 13.6 Å². The molecule has 0 atom stereocenters. The Bertz CT molecular complexity index is 769. The van der Waals surface area contributed by atoms with Crippen molar-refractivity contribution >= 4 is 0 Å². The standard InChI is InChI=1S/C18H21N3O3/c1-10(2)15-8-23-17(20-15)13-6-12(22-5)7-14(19-13)18-21-16(9-24-18)11(3)4/h6-11H,1-5H3. The van der Waals surface area contributed by atoms with E-state index < -0.39 is 0 Å². The van der Waals surface area contributed by atoms with Crippen molar-refractivity contribution in [3.63, 3.8) is 0 Å². The second kappa shape index (κ2) is 6.47. The first-order valence-electron chi connectivity index (χ1n) is 7.95. The molecule has 0 aliphatic carbocycles. The van der Waals surface area contributed by atoms with Gasteiger partial charge in [-0.2, -0.15) is 0 Å². The lowest BCUT2D eigenvalue weighted by molar-refractivity contribution is 0.414. The van der Waals surface area contributed by atoms with Gasteiger partial charge in [0.2, 0.25) is 11.8 Å². The van der Waals surface area contributed by atoms with Crippen LogP contribution >= 0.6 is 0 Å². The minimum atomic E-state index is 0.285. The Labute approximate surface area is 140 Å². The third-order valence-electron chi connectivity index (χ3n) is 3.70. The van der Waals surface area contributed by atoms with Crippen LogP contribution < -0.4 is 4.74 Å². The van der Waals surface area contributed by atoms with Gasteiger partial charge in [-0.25, -0.2) is 15.0 Å². The van der Waals surface area contributed by atoms with E-state index >= 15 is 0 Å². The second-order valence-electron chi connectivity index (χ2n) is 6.24. The molecule has 3 rings (SSSR count). The molecule has 3 aromatic rings. The van der Waals surface area contributed by atoms with Crippen molar-refractivity contribution in [3.05, 3.63) is 36.0 Å². The normalized spacial score (nSPS) is 11.5. The lowest BCUT2D eigenvalue weighted by Crippen LogP contribution is -1.94. The average Bonchev–Trinajstić information content (AvgIpc) is 3.23. The zero-order valence-corrected chi connectivity index (χ0v) is 14.5. The molecule has 3 heterocycles. The van der Waals surface area contributed by atoms with Crippen LogP contribution in [0.1, 0.15) is 50.9 Å². The molecule has 0 saturated heterocycles. The summed E-state index contributed by atoms with van der Waals surface area (Å²) >= 11 is 0. The van der Waals surface area contributed by atoms with Crippen molar-refractivity contribution in [2.45, 2.75) is 39.5 Å². The van der Waals surface area contributed by atoms with Crippen molar-refractivity contribution in [2.24, 2.45) is 0 Å². The van der Waals surface area contributed by atoms with Crippen molar-refractivity contribution in [1.29, 1.82) is 0 Å². The molecule has 6 heteroatoms. The Kier molecular flexibility index (Phi) is 4.38. The smallest absolute Gasteiger partial charge is 0.245 e. The molecule has 0 aliphatic rings. The van der Waals surface area contributed by atoms with E-state index in [0.29, 0.717) is 28.9 Å². The summed E-state index contributed by atoms with van der Waals surface area (Å²) in [5.41, 5.74) is 2.94. The van der Waals surface area contributed by atoms with Crippen LogP contribution in [0, 0.1) is 0 Å². The van der Waals surface area contributed by atoms with E-state index in [4.69, 9.17) is 13.6 Å². The zero-order valence-electron chi connectivity index (χ0n) is 14.5. The maximum absolute atomic E-state index is 5.57. The number of nitrogens with zero attached hydrogens (tertiary/aromatic N) is 3. The quantitative estimate of drug-likeness (QED) is 0.679. The number of ether oxygens (including phenoxy) is 1. The van der Waals surface area contributed by atoms with Gasteiger partial charge in [0.15, 0.2) is 0 Å². The highest BCUT2D eigenvalue weighted by Crippen LogP contribution is 2.29.